The van der Waals surface area contributed by atoms with E-state index in [0.29, 0.717) is 5.56 Å². The number of hydrogen-bond acceptors (Lipinski definition) is 5. The SMILES string of the molecule is O=C(c1ccoc1)N1CCCN(Cc2cscn2)CC1. The Bertz CT molecular complexity index is 539. The zero-order valence-corrected chi connectivity index (χ0v) is 12.0. The van der Waals surface area contributed by atoms with Crippen LogP contribution >= 0.6 is 11.3 Å². The van der Waals surface area contributed by atoms with E-state index in [1.54, 1.807) is 23.7 Å². The van der Waals surface area contributed by atoms with Gasteiger partial charge in [-0.3, -0.25) is 9.69 Å². The largest absolute Gasteiger partial charge is 0.472 e. The molecule has 5 nitrogen and oxygen atoms in total. The molecule has 3 heterocycles. The summed E-state index contributed by atoms with van der Waals surface area (Å²) in [6.07, 6.45) is 4.05. The normalized spacial score (nSPS) is 17.1. The Labute approximate surface area is 121 Å². The molecule has 1 saturated heterocycles. The fraction of sp³-hybridized carbons (Fsp3) is 0.429. The van der Waals surface area contributed by atoms with Gasteiger partial charge >= 0.3 is 0 Å². The topological polar surface area (TPSA) is 49.6 Å². The molecule has 0 bridgehead atoms. The highest BCUT2D eigenvalue weighted by atomic mass is 32.1. The monoisotopic (exact) mass is 291 g/mol. The van der Waals surface area contributed by atoms with Crippen molar-refractivity contribution in [2.24, 2.45) is 0 Å². The van der Waals surface area contributed by atoms with Crippen molar-refractivity contribution in [1.29, 1.82) is 0 Å². The summed E-state index contributed by atoms with van der Waals surface area (Å²) in [5.74, 6) is 0.0641. The number of thiazole rings is 1. The molecule has 0 saturated carbocycles. The van der Waals surface area contributed by atoms with Crippen LogP contribution in [-0.2, 0) is 6.54 Å². The number of amides is 1. The highest BCUT2D eigenvalue weighted by Gasteiger charge is 2.21. The maximum atomic E-state index is 12.3. The van der Waals surface area contributed by atoms with E-state index in [0.717, 1.165) is 44.8 Å². The molecule has 0 aromatic carbocycles. The van der Waals surface area contributed by atoms with Crippen molar-refractivity contribution in [2.75, 3.05) is 26.2 Å². The van der Waals surface area contributed by atoms with E-state index in [2.05, 4.69) is 15.3 Å². The lowest BCUT2D eigenvalue weighted by atomic mass is 10.3. The summed E-state index contributed by atoms with van der Waals surface area (Å²) in [4.78, 5) is 20.9. The van der Waals surface area contributed by atoms with Crippen LogP contribution in [0.4, 0.5) is 0 Å². The Morgan fingerprint density at radius 3 is 3.05 bits per heavy atom. The third kappa shape index (κ3) is 3.08. The van der Waals surface area contributed by atoms with Crippen LogP contribution in [0.25, 0.3) is 0 Å². The molecule has 0 atom stereocenters. The molecule has 0 N–H and O–H groups in total. The molecule has 0 aliphatic carbocycles. The van der Waals surface area contributed by atoms with Crippen molar-refractivity contribution < 1.29 is 9.21 Å². The molecule has 0 unspecified atom stereocenters. The fourth-order valence-corrected chi connectivity index (χ4v) is 3.00. The van der Waals surface area contributed by atoms with Crippen molar-refractivity contribution in [3.63, 3.8) is 0 Å². The maximum Gasteiger partial charge on any atom is 0.257 e. The molecule has 0 spiro atoms. The van der Waals surface area contributed by atoms with Gasteiger partial charge in [-0.1, -0.05) is 0 Å². The minimum atomic E-state index is 0.0641. The number of carbonyl (C=O) groups is 1. The fourth-order valence-electron chi connectivity index (χ4n) is 2.45. The smallest absolute Gasteiger partial charge is 0.257 e. The number of hydrogen-bond donors (Lipinski definition) is 0. The molecule has 1 aliphatic rings. The Kier molecular flexibility index (Phi) is 4.13. The van der Waals surface area contributed by atoms with Gasteiger partial charge in [0, 0.05) is 38.1 Å². The first-order valence-corrected chi connectivity index (χ1v) is 7.68. The summed E-state index contributed by atoms with van der Waals surface area (Å²) in [5, 5.41) is 2.08. The molecule has 1 fully saturated rings. The van der Waals surface area contributed by atoms with E-state index in [-0.39, 0.29) is 5.91 Å². The van der Waals surface area contributed by atoms with Crippen molar-refractivity contribution >= 4 is 17.2 Å². The van der Waals surface area contributed by atoms with Gasteiger partial charge in [0.15, 0.2) is 0 Å². The van der Waals surface area contributed by atoms with Crippen LogP contribution in [0.15, 0.2) is 33.9 Å². The van der Waals surface area contributed by atoms with Gasteiger partial charge in [0.05, 0.1) is 23.0 Å². The van der Waals surface area contributed by atoms with E-state index in [4.69, 9.17) is 4.42 Å². The summed E-state index contributed by atoms with van der Waals surface area (Å²) in [7, 11) is 0. The number of carbonyl (C=O) groups excluding carboxylic acids is 1. The van der Waals surface area contributed by atoms with Crippen LogP contribution < -0.4 is 0 Å². The third-order valence-electron chi connectivity index (χ3n) is 3.51. The van der Waals surface area contributed by atoms with Crippen molar-refractivity contribution in [3.8, 4) is 0 Å². The van der Waals surface area contributed by atoms with Gasteiger partial charge in [0.2, 0.25) is 0 Å². The van der Waals surface area contributed by atoms with Crippen LogP contribution in [0.2, 0.25) is 0 Å². The third-order valence-corrected chi connectivity index (χ3v) is 4.15. The molecule has 6 heteroatoms. The van der Waals surface area contributed by atoms with Gasteiger partial charge in [0.25, 0.3) is 5.91 Å². The van der Waals surface area contributed by atoms with E-state index in [1.807, 2.05) is 10.4 Å². The van der Waals surface area contributed by atoms with Crippen LogP contribution in [0, 0.1) is 0 Å². The maximum absolute atomic E-state index is 12.3. The van der Waals surface area contributed by atoms with Crippen LogP contribution in [-0.4, -0.2) is 46.9 Å². The highest BCUT2D eigenvalue weighted by molar-refractivity contribution is 7.07. The summed E-state index contributed by atoms with van der Waals surface area (Å²) in [6, 6.07) is 1.72. The van der Waals surface area contributed by atoms with Gasteiger partial charge in [-0.05, 0) is 12.5 Å². The van der Waals surface area contributed by atoms with Gasteiger partial charge < -0.3 is 9.32 Å². The Morgan fingerprint density at radius 2 is 2.30 bits per heavy atom. The predicted octanol–water partition coefficient (Wildman–Crippen LogP) is 2.08. The average Bonchev–Trinajstić information content (AvgIpc) is 3.10. The molecule has 2 aromatic heterocycles. The number of nitrogens with zero attached hydrogens (tertiary/aromatic N) is 3. The van der Waals surface area contributed by atoms with E-state index >= 15 is 0 Å². The number of rotatable bonds is 3. The van der Waals surface area contributed by atoms with Crippen LogP contribution in [0.5, 0.6) is 0 Å². The molecule has 1 aliphatic heterocycles. The van der Waals surface area contributed by atoms with Crippen molar-refractivity contribution in [2.45, 2.75) is 13.0 Å². The standard InChI is InChI=1S/C14H17N3O2S/c18-14(12-2-7-19-9-12)17-4-1-3-16(5-6-17)8-13-10-20-11-15-13/h2,7,9-11H,1,3-6,8H2. The lowest BCUT2D eigenvalue weighted by Crippen LogP contribution is -2.34. The average molecular weight is 291 g/mol. The molecule has 106 valence electrons. The first-order valence-electron chi connectivity index (χ1n) is 6.74. The second-order valence-corrected chi connectivity index (χ2v) is 5.63. The van der Waals surface area contributed by atoms with Gasteiger partial charge in [-0.2, -0.15) is 0 Å². The molecular weight excluding hydrogens is 274 g/mol. The van der Waals surface area contributed by atoms with Crippen LogP contribution in [0.3, 0.4) is 0 Å². The van der Waals surface area contributed by atoms with E-state index in [1.165, 1.54) is 6.26 Å². The van der Waals surface area contributed by atoms with E-state index in [9.17, 15) is 4.79 Å². The number of aromatic nitrogens is 1. The van der Waals surface area contributed by atoms with Crippen LogP contribution in [0.1, 0.15) is 22.5 Å². The Morgan fingerprint density at radius 1 is 1.35 bits per heavy atom. The molecule has 2 aromatic rings. The van der Waals surface area contributed by atoms with Gasteiger partial charge in [-0.25, -0.2) is 4.98 Å². The lowest BCUT2D eigenvalue weighted by molar-refractivity contribution is 0.0760. The Hall–Kier alpha value is -1.66. The minimum absolute atomic E-state index is 0.0641. The van der Waals surface area contributed by atoms with Gasteiger partial charge in [0.1, 0.15) is 6.26 Å². The molecule has 0 radical (unpaired) electrons. The molecule has 20 heavy (non-hydrogen) atoms. The quantitative estimate of drug-likeness (QED) is 0.869. The predicted molar refractivity (Wildman–Crippen MR) is 76.6 cm³/mol. The Balaban J connectivity index is 1.58. The second kappa shape index (κ2) is 6.19. The summed E-state index contributed by atoms with van der Waals surface area (Å²) in [6.45, 7) is 4.33. The summed E-state index contributed by atoms with van der Waals surface area (Å²) >= 11 is 1.62. The molecule has 3 rings (SSSR count). The van der Waals surface area contributed by atoms with Crippen molar-refractivity contribution in [1.82, 2.24) is 14.8 Å². The van der Waals surface area contributed by atoms with Crippen molar-refractivity contribution in [3.05, 3.63) is 40.7 Å². The molecular formula is C14H17N3O2S. The second-order valence-electron chi connectivity index (χ2n) is 4.91. The first-order chi connectivity index (χ1) is 9.83. The first kappa shape index (κ1) is 13.3. The zero-order valence-electron chi connectivity index (χ0n) is 11.2. The molecule has 1 amide bonds. The summed E-state index contributed by atoms with van der Waals surface area (Å²) in [5.41, 5.74) is 3.62. The van der Waals surface area contributed by atoms with Gasteiger partial charge in [-0.15, -0.1) is 11.3 Å². The zero-order chi connectivity index (χ0) is 13.8. The number of furan rings is 1. The lowest BCUT2D eigenvalue weighted by Gasteiger charge is -2.21. The highest BCUT2D eigenvalue weighted by Crippen LogP contribution is 2.12. The minimum Gasteiger partial charge on any atom is -0.472 e. The summed E-state index contributed by atoms with van der Waals surface area (Å²) < 4.78 is 4.98. The van der Waals surface area contributed by atoms with E-state index < -0.39 is 0 Å².